The summed E-state index contributed by atoms with van der Waals surface area (Å²) in [5.74, 6) is 0.462. The van der Waals surface area contributed by atoms with Crippen molar-refractivity contribution >= 4 is 23.2 Å². The quantitative estimate of drug-likeness (QED) is 0.785. The Hall–Kier alpha value is -2.88. The van der Waals surface area contributed by atoms with Gasteiger partial charge in [0.15, 0.2) is 0 Å². The predicted octanol–water partition coefficient (Wildman–Crippen LogP) is 4.33. The summed E-state index contributed by atoms with van der Waals surface area (Å²) in [6, 6.07) is 13.5. The van der Waals surface area contributed by atoms with E-state index in [1.807, 2.05) is 63.2 Å². The number of benzene rings is 1. The lowest BCUT2D eigenvalue weighted by molar-refractivity contribution is -0.114. The van der Waals surface area contributed by atoms with Gasteiger partial charge in [-0.05, 0) is 44.1 Å². The molecule has 4 heteroatoms. The van der Waals surface area contributed by atoms with E-state index < -0.39 is 5.54 Å². The van der Waals surface area contributed by atoms with Crippen molar-refractivity contribution < 1.29 is 9.53 Å². The number of amides is 1. The zero-order valence-corrected chi connectivity index (χ0v) is 15.0. The SMILES string of the molecule is COc1ccc2c(n1)C(C)=CC(C)(C)N2C(=O)C=Cc1ccccc1. The second-order valence-corrected chi connectivity index (χ2v) is 6.62. The van der Waals surface area contributed by atoms with Crippen LogP contribution in [0.3, 0.4) is 0 Å². The molecule has 1 aromatic heterocycles. The molecule has 128 valence electrons. The van der Waals surface area contributed by atoms with E-state index in [2.05, 4.69) is 11.1 Å². The van der Waals surface area contributed by atoms with Gasteiger partial charge in [-0.1, -0.05) is 36.4 Å². The number of hydrogen-bond donors (Lipinski definition) is 0. The summed E-state index contributed by atoms with van der Waals surface area (Å²) in [5, 5.41) is 0. The van der Waals surface area contributed by atoms with Crippen molar-refractivity contribution in [3.8, 4) is 5.88 Å². The molecule has 0 saturated carbocycles. The Morgan fingerprint density at radius 3 is 2.56 bits per heavy atom. The minimum Gasteiger partial charge on any atom is -0.481 e. The standard InChI is InChI=1S/C21H22N2O2/c1-15-14-21(2,3)23(17-11-12-18(25-4)22-20(15)17)19(24)13-10-16-8-6-5-7-9-16/h5-14H,1-4H3. The summed E-state index contributed by atoms with van der Waals surface area (Å²) in [7, 11) is 1.59. The topological polar surface area (TPSA) is 42.4 Å². The number of fused-ring (bicyclic) bond motifs is 1. The average Bonchev–Trinajstić information content (AvgIpc) is 2.60. The van der Waals surface area contributed by atoms with Gasteiger partial charge in [0.2, 0.25) is 5.88 Å². The molecule has 1 aliphatic rings. The molecule has 0 saturated heterocycles. The minimum absolute atomic E-state index is 0.0779. The van der Waals surface area contributed by atoms with Gasteiger partial charge in [0.05, 0.1) is 24.0 Å². The fourth-order valence-electron chi connectivity index (χ4n) is 3.20. The molecule has 25 heavy (non-hydrogen) atoms. The third kappa shape index (κ3) is 3.33. The van der Waals surface area contributed by atoms with Crippen LogP contribution in [0.5, 0.6) is 5.88 Å². The molecule has 1 aromatic carbocycles. The van der Waals surface area contributed by atoms with Gasteiger partial charge in [-0.25, -0.2) is 4.98 Å². The summed E-state index contributed by atoms with van der Waals surface area (Å²) >= 11 is 0. The van der Waals surface area contributed by atoms with Crippen molar-refractivity contribution in [3.63, 3.8) is 0 Å². The lowest BCUT2D eigenvalue weighted by Crippen LogP contribution is -2.48. The number of aromatic nitrogens is 1. The maximum Gasteiger partial charge on any atom is 0.251 e. The molecule has 0 radical (unpaired) electrons. The molecule has 0 aliphatic carbocycles. The number of pyridine rings is 1. The number of anilines is 1. The van der Waals surface area contributed by atoms with E-state index in [9.17, 15) is 4.79 Å². The van der Waals surface area contributed by atoms with Crippen LogP contribution < -0.4 is 9.64 Å². The molecule has 0 atom stereocenters. The highest BCUT2D eigenvalue weighted by molar-refractivity contribution is 6.07. The van der Waals surface area contributed by atoms with Gasteiger partial charge >= 0.3 is 0 Å². The van der Waals surface area contributed by atoms with Crippen LogP contribution in [-0.4, -0.2) is 23.5 Å². The first-order valence-corrected chi connectivity index (χ1v) is 8.24. The van der Waals surface area contributed by atoms with Crippen molar-refractivity contribution in [3.05, 3.63) is 65.9 Å². The van der Waals surface area contributed by atoms with Crippen molar-refractivity contribution in [1.29, 1.82) is 0 Å². The number of nitrogens with zero attached hydrogens (tertiary/aromatic N) is 2. The normalized spacial score (nSPS) is 15.7. The van der Waals surface area contributed by atoms with Gasteiger partial charge < -0.3 is 4.74 Å². The lowest BCUT2D eigenvalue weighted by atomic mass is 9.91. The molecule has 1 amide bonds. The summed E-state index contributed by atoms with van der Waals surface area (Å²) in [6.45, 7) is 6.06. The Balaban J connectivity index is 2.00. The lowest BCUT2D eigenvalue weighted by Gasteiger charge is -2.40. The zero-order chi connectivity index (χ0) is 18.0. The van der Waals surface area contributed by atoms with Crippen LogP contribution in [0.1, 0.15) is 32.0 Å². The Bertz CT molecular complexity index is 851. The third-order valence-electron chi connectivity index (χ3n) is 4.26. The Labute approximate surface area is 148 Å². The highest BCUT2D eigenvalue weighted by atomic mass is 16.5. The van der Waals surface area contributed by atoms with E-state index in [4.69, 9.17) is 4.74 Å². The fraction of sp³-hybridized carbons (Fsp3) is 0.238. The van der Waals surface area contributed by atoms with E-state index in [0.717, 1.165) is 22.5 Å². The Morgan fingerprint density at radius 2 is 1.88 bits per heavy atom. The second-order valence-electron chi connectivity index (χ2n) is 6.62. The van der Waals surface area contributed by atoms with E-state index >= 15 is 0 Å². The van der Waals surface area contributed by atoms with E-state index in [-0.39, 0.29) is 5.91 Å². The third-order valence-corrected chi connectivity index (χ3v) is 4.26. The van der Waals surface area contributed by atoms with Crippen LogP contribution in [0.2, 0.25) is 0 Å². The molecule has 1 aliphatic heterocycles. The summed E-state index contributed by atoms with van der Waals surface area (Å²) < 4.78 is 5.23. The summed E-state index contributed by atoms with van der Waals surface area (Å²) in [6.07, 6.45) is 5.51. The number of rotatable bonds is 3. The van der Waals surface area contributed by atoms with Crippen LogP contribution in [-0.2, 0) is 4.79 Å². The Morgan fingerprint density at radius 1 is 1.16 bits per heavy atom. The number of carbonyl (C=O) groups excluding carboxylic acids is 1. The van der Waals surface area contributed by atoms with E-state index in [1.54, 1.807) is 24.2 Å². The largest absolute Gasteiger partial charge is 0.481 e. The van der Waals surface area contributed by atoms with Crippen molar-refractivity contribution in [2.24, 2.45) is 0 Å². The highest BCUT2D eigenvalue weighted by Crippen LogP contribution is 2.39. The zero-order valence-electron chi connectivity index (χ0n) is 15.0. The first-order chi connectivity index (χ1) is 11.9. The highest BCUT2D eigenvalue weighted by Gasteiger charge is 2.35. The maximum absolute atomic E-state index is 13.0. The van der Waals surface area contributed by atoms with Crippen molar-refractivity contribution in [2.75, 3.05) is 12.0 Å². The van der Waals surface area contributed by atoms with Gasteiger partial charge in [-0.2, -0.15) is 0 Å². The Kier molecular flexibility index (Phi) is 4.45. The first-order valence-electron chi connectivity index (χ1n) is 8.24. The average molecular weight is 334 g/mol. The smallest absolute Gasteiger partial charge is 0.251 e. The minimum atomic E-state index is -0.439. The van der Waals surface area contributed by atoms with Crippen molar-refractivity contribution in [1.82, 2.24) is 4.98 Å². The predicted molar refractivity (Wildman–Crippen MR) is 101 cm³/mol. The molecule has 0 spiro atoms. The van der Waals surface area contributed by atoms with Crippen LogP contribution in [0.15, 0.2) is 54.6 Å². The fourth-order valence-corrected chi connectivity index (χ4v) is 3.20. The number of allylic oxidation sites excluding steroid dienone is 1. The molecule has 4 nitrogen and oxygen atoms in total. The monoisotopic (exact) mass is 334 g/mol. The maximum atomic E-state index is 13.0. The molecule has 0 N–H and O–H groups in total. The van der Waals surface area contributed by atoms with Gasteiger partial charge in [0.1, 0.15) is 0 Å². The molecule has 2 aromatic rings. The molecule has 2 heterocycles. The van der Waals surface area contributed by atoms with Gasteiger partial charge in [0, 0.05) is 12.1 Å². The van der Waals surface area contributed by atoms with E-state index in [0.29, 0.717) is 5.88 Å². The van der Waals surface area contributed by atoms with Gasteiger partial charge in [0.25, 0.3) is 5.91 Å². The van der Waals surface area contributed by atoms with E-state index in [1.165, 1.54) is 0 Å². The number of methoxy groups -OCH3 is 1. The molecular weight excluding hydrogens is 312 g/mol. The number of hydrogen-bond acceptors (Lipinski definition) is 3. The first kappa shape index (κ1) is 17.0. The van der Waals surface area contributed by atoms with Crippen LogP contribution >= 0.6 is 0 Å². The van der Waals surface area contributed by atoms with Crippen molar-refractivity contribution in [2.45, 2.75) is 26.3 Å². The molecular formula is C21H22N2O2. The number of carbonyl (C=O) groups is 1. The van der Waals surface area contributed by atoms with Gasteiger partial charge in [-0.3, -0.25) is 9.69 Å². The number of ether oxygens (including phenoxy) is 1. The summed E-state index contributed by atoms with van der Waals surface area (Å²) in [5.41, 5.74) is 3.17. The molecule has 3 rings (SSSR count). The van der Waals surface area contributed by atoms with Crippen LogP contribution in [0.4, 0.5) is 5.69 Å². The van der Waals surface area contributed by atoms with Gasteiger partial charge in [-0.15, -0.1) is 0 Å². The van der Waals surface area contributed by atoms with Crippen LogP contribution in [0.25, 0.3) is 11.6 Å². The molecule has 0 fully saturated rings. The molecule has 0 bridgehead atoms. The van der Waals surface area contributed by atoms with Crippen LogP contribution in [0, 0.1) is 0 Å². The molecule has 0 unspecified atom stereocenters. The summed E-state index contributed by atoms with van der Waals surface area (Å²) in [4.78, 5) is 19.3. The second kappa shape index (κ2) is 6.55.